The zero-order valence-corrected chi connectivity index (χ0v) is 16.4. The Kier molecular flexibility index (Phi) is 6.84. The van der Waals surface area contributed by atoms with Gasteiger partial charge in [0.25, 0.3) is 11.8 Å². The van der Waals surface area contributed by atoms with Gasteiger partial charge in [-0.3, -0.25) is 9.59 Å². The molecule has 7 nitrogen and oxygen atoms in total. The highest BCUT2D eigenvalue weighted by Crippen LogP contribution is 2.16. The number of piperidine rings is 1. The first-order chi connectivity index (χ1) is 14.0. The number of nitrogens with one attached hydrogen (secondary N) is 1. The van der Waals surface area contributed by atoms with Gasteiger partial charge in [-0.05, 0) is 68.1 Å². The van der Waals surface area contributed by atoms with Crippen LogP contribution in [0.4, 0.5) is 0 Å². The van der Waals surface area contributed by atoms with Crippen molar-refractivity contribution >= 4 is 17.5 Å². The summed E-state index contributed by atoms with van der Waals surface area (Å²) in [5, 5.41) is 13.8. The lowest BCUT2D eigenvalue weighted by Gasteiger charge is -2.26. The van der Waals surface area contributed by atoms with Crippen LogP contribution in [0.5, 0.6) is 11.5 Å². The largest absolute Gasteiger partial charge is 0.507 e. The van der Waals surface area contributed by atoms with Gasteiger partial charge in [0.05, 0.1) is 11.3 Å². The van der Waals surface area contributed by atoms with Crippen molar-refractivity contribution in [3.05, 3.63) is 59.7 Å². The fourth-order valence-corrected chi connectivity index (χ4v) is 3.10. The molecule has 2 N–H and O–H groups in total. The first-order valence-electron chi connectivity index (χ1n) is 9.68. The molecule has 0 aromatic heterocycles. The third kappa shape index (κ3) is 5.57. The predicted molar refractivity (Wildman–Crippen MR) is 110 cm³/mol. The van der Waals surface area contributed by atoms with E-state index in [9.17, 15) is 14.7 Å². The number of hydrogen-bond donors (Lipinski definition) is 2. The number of para-hydroxylation sites is 1. The van der Waals surface area contributed by atoms with E-state index in [1.807, 2.05) is 17.0 Å². The SMILES string of the molecule is C/C(=N/NC(=O)c1ccccc1O)c1ccc(OCC(=O)N2CCCCC2)cc1. The second kappa shape index (κ2) is 9.73. The zero-order chi connectivity index (χ0) is 20.6. The van der Waals surface area contributed by atoms with Crippen molar-refractivity contribution in [2.24, 2.45) is 5.10 Å². The van der Waals surface area contributed by atoms with Gasteiger partial charge in [0.1, 0.15) is 11.5 Å². The Labute approximate surface area is 170 Å². The lowest BCUT2D eigenvalue weighted by atomic mass is 10.1. The van der Waals surface area contributed by atoms with Crippen LogP contribution in [0.2, 0.25) is 0 Å². The fourth-order valence-electron chi connectivity index (χ4n) is 3.10. The van der Waals surface area contributed by atoms with Crippen molar-refractivity contribution in [2.75, 3.05) is 19.7 Å². The highest BCUT2D eigenvalue weighted by Gasteiger charge is 2.16. The van der Waals surface area contributed by atoms with E-state index in [0.717, 1.165) is 31.5 Å². The summed E-state index contributed by atoms with van der Waals surface area (Å²) in [7, 11) is 0. The highest BCUT2D eigenvalue weighted by molar-refractivity contribution is 6.01. The second-order valence-corrected chi connectivity index (χ2v) is 6.91. The standard InChI is InChI=1S/C22H25N3O4/c1-16(23-24-22(28)19-7-3-4-8-20(19)26)17-9-11-18(12-10-17)29-15-21(27)25-13-5-2-6-14-25/h3-4,7-12,26H,2,5-6,13-15H2,1H3,(H,24,28)/b23-16-. The monoisotopic (exact) mass is 395 g/mol. The van der Waals surface area contributed by atoms with Crippen molar-refractivity contribution in [1.82, 2.24) is 10.3 Å². The number of benzene rings is 2. The van der Waals surface area contributed by atoms with E-state index in [2.05, 4.69) is 10.5 Å². The summed E-state index contributed by atoms with van der Waals surface area (Å²) >= 11 is 0. The molecule has 2 aromatic rings. The van der Waals surface area contributed by atoms with E-state index in [-0.39, 0.29) is 23.8 Å². The minimum atomic E-state index is -0.487. The number of carbonyl (C=O) groups excluding carboxylic acids is 2. The molecule has 1 fully saturated rings. The summed E-state index contributed by atoms with van der Waals surface area (Å²) in [6.45, 7) is 3.41. The normalized spacial score (nSPS) is 14.4. The van der Waals surface area contributed by atoms with Gasteiger partial charge in [-0.2, -0.15) is 5.10 Å². The van der Waals surface area contributed by atoms with Gasteiger partial charge in [-0.25, -0.2) is 5.43 Å². The maximum atomic E-state index is 12.2. The van der Waals surface area contributed by atoms with Crippen LogP contribution >= 0.6 is 0 Å². The van der Waals surface area contributed by atoms with Gasteiger partial charge < -0.3 is 14.7 Å². The summed E-state index contributed by atoms with van der Waals surface area (Å²) in [6.07, 6.45) is 3.29. The molecule has 2 amide bonds. The number of nitrogens with zero attached hydrogens (tertiary/aromatic N) is 2. The van der Waals surface area contributed by atoms with Gasteiger partial charge >= 0.3 is 0 Å². The van der Waals surface area contributed by atoms with Crippen molar-refractivity contribution < 1.29 is 19.4 Å². The third-order valence-electron chi connectivity index (χ3n) is 4.82. The number of carbonyl (C=O) groups is 2. The number of hydrogen-bond acceptors (Lipinski definition) is 5. The summed E-state index contributed by atoms with van der Waals surface area (Å²) in [4.78, 5) is 26.1. The molecule has 0 aliphatic carbocycles. The van der Waals surface area contributed by atoms with Crippen LogP contribution in [0, 0.1) is 0 Å². The molecule has 29 heavy (non-hydrogen) atoms. The molecular weight excluding hydrogens is 370 g/mol. The molecule has 152 valence electrons. The number of aromatic hydroxyl groups is 1. The smallest absolute Gasteiger partial charge is 0.275 e. The van der Waals surface area contributed by atoms with Crippen molar-refractivity contribution in [2.45, 2.75) is 26.2 Å². The Bertz CT molecular complexity index is 887. The summed E-state index contributed by atoms with van der Waals surface area (Å²) in [5.74, 6) is 0.0284. The number of phenolic OH excluding ortho intramolecular Hbond substituents is 1. The Morgan fingerprint density at radius 3 is 2.45 bits per heavy atom. The number of ether oxygens (including phenoxy) is 1. The van der Waals surface area contributed by atoms with Gasteiger partial charge in [0, 0.05) is 13.1 Å². The molecule has 0 radical (unpaired) electrons. The summed E-state index contributed by atoms with van der Waals surface area (Å²) in [5.41, 5.74) is 4.00. The van der Waals surface area contributed by atoms with E-state index in [1.165, 1.54) is 18.6 Å². The Morgan fingerprint density at radius 1 is 1.07 bits per heavy atom. The van der Waals surface area contributed by atoms with Crippen molar-refractivity contribution in [1.29, 1.82) is 0 Å². The molecule has 1 aliphatic rings. The molecule has 2 aromatic carbocycles. The Balaban J connectivity index is 1.53. The third-order valence-corrected chi connectivity index (χ3v) is 4.82. The van der Waals surface area contributed by atoms with E-state index < -0.39 is 5.91 Å². The molecule has 0 atom stereocenters. The second-order valence-electron chi connectivity index (χ2n) is 6.91. The fraction of sp³-hybridized carbons (Fsp3) is 0.318. The van der Waals surface area contributed by atoms with E-state index in [0.29, 0.717) is 11.5 Å². The average molecular weight is 395 g/mol. The number of amides is 2. The maximum absolute atomic E-state index is 12.2. The zero-order valence-electron chi connectivity index (χ0n) is 16.4. The van der Waals surface area contributed by atoms with Gasteiger partial charge in [-0.15, -0.1) is 0 Å². The van der Waals surface area contributed by atoms with Crippen LogP contribution < -0.4 is 10.2 Å². The summed E-state index contributed by atoms with van der Waals surface area (Å²) in [6, 6.07) is 13.4. The molecule has 1 heterocycles. The Hall–Kier alpha value is -3.35. The lowest BCUT2D eigenvalue weighted by Crippen LogP contribution is -2.38. The maximum Gasteiger partial charge on any atom is 0.275 e. The van der Waals surface area contributed by atoms with E-state index in [1.54, 1.807) is 31.2 Å². The molecule has 0 bridgehead atoms. The molecule has 0 unspecified atom stereocenters. The van der Waals surface area contributed by atoms with Gasteiger partial charge in [0.2, 0.25) is 0 Å². The highest BCUT2D eigenvalue weighted by atomic mass is 16.5. The molecule has 3 rings (SSSR count). The number of hydrazone groups is 1. The van der Waals surface area contributed by atoms with Crippen LogP contribution in [-0.4, -0.2) is 47.2 Å². The van der Waals surface area contributed by atoms with Gasteiger partial charge in [0.15, 0.2) is 6.61 Å². The molecule has 0 spiro atoms. The molecule has 7 heteroatoms. The first-order valence-corrected chi connectivity index (χ1v) is 9.68. The lowest BCUT2D eigenvalue weighted by molar-refractivity contribution is -0.134. The minimum absolute atomic E-state index is 0.0124. The number of likely N-dealkylation sites (tertiary alicyclic amines) is 1. The summed E-state index contributed by atoms with van der Waals surface area (Å²) < 4.78 is 5.60. The Morgan fingerprint density at radius 2 is 1.76 bits per heavy atom. The molecule has 1 aliphatic heterocycles. The predicted octanol–water partition coefficient (Wildman–Crippen LogP) is 2.94. The van der Waals surface area contributed by atoms with E-state index in [4.69, 9.17) is 4.74 Å². The van der Waals surface area contributed by atoms with Crippen LogP contribution in [0.1, 0.15) is 42.1 Å². The minimum Gasteiger partial charge on any atom is -0.507 e. The number of rotatable bonds is 6. The molecule has 1 saturated heterocycles. The number of phenols is 1. The van der Waals surface area contributed by atoms with Crippen LogP contribution in [0.15, 0.2) is 53.6 Å². The topological polar surface area (TPSA) is 91.2 Å². The molecule has 0 saturated carbocycles. The molecular formula is C22H25N3O4. The quantitative estimate of drug-likeness (QED) is 0.581. The van der Waals surface area contributed by atoms with Crippen molar-refractivity contribution in [3.8, 4) is 11.5 Å². The van der Waals surface area contributed by atoms with Crippen molar-refractivity contribution in [3.63, 3.8) is 0 Å². The average Bonchev–Trinajstić information content (AvgIpc) is 2.77. The van der Waals surface area contributed by atoms with Gasteiger partial charge in [-0.1, -0.05) is 12.1 Å². The van der Waals surface area contributed by atoms with Crippen LogP contribution in [0.3, 0.4) is 0 Å². The first kappa shape index (κ1) is 20.4. The van der Waals surface area contributed by atoms with Crippen LogP contribution in [-0.2, 0) is 4.79 Å². The van der Waals surface area contributed by atoms with E-state index >= 15 is 0 Å². The van der Waals surface area contributed by atoms with Crippen LogP contribution in [0.25, 0.3) is 0 Å².